The van der Waals surface area contributed by atoms with E-state index < -0.39 is 7.60 Å². The normalized spacial score (nSPS) is 12.4. The molecular weight excluding hydrogens is 231 g/mol. The predicted octanol–water partition coefficient (Wildman–Crippen LogP) is 3.98. The van der Waals surface area contributed by atoms with E-state index in [0.29, 0.717) is 13.2 Å². The van der Waals surface area contributed by atoms with Gasteiger partial charge in [0, 0.05) is 10.7 Å². The fourth-order valence-electron chi connectivity index (χ4n) is 1.03. The first-order valence-electron chi connectivity index (χ1n) is 4.81. The van der Waals surface area contributed by atoms with Crippen LogP contribution in [0.5, 0.6) is 0 Å². The zero-order valence-corrected chi connectivity index (χ0v) is 10.6. The monoisotopic (exact) mass is 246 g/mol. The minimum absolute atomic E-state index is 0.381. The van der Waals surface area contributed by atoms with Gasteiger partial charge in [-0.3, -0.25) is 4.57 Å². The van der Waals surface area contributed by atoms with Gasteiger partial charge in [-0.05, 0) is 31.4 Å². The average Bonchev–Trinajstić information content (AvgIpc) is 2.68. The summed E-state index contributed by atoms with van der Waals surface area (Å²) in [6, 6.07) is 3.89. The predicted molar refractivity (Wildman–Crippen MR) is 64.2 cm³/mol. The largest absolute Gasteiger partial charge is 0.354 e. The summed E-state index contributed by atoms with van der Waals surface area (Å²) in [7, 11) is -3.03. The molecule has 0 aliphatic carbocycles. The van der Waals surface area contributed by atoms with Gasteiger partial charge in [-0.25, -0.2) is 0 Å². The van der Waals surface area contributed by atoms with Crippen molar-refractivity contribution < 1.29 is 13.6 Å². The van der Waals surface area contributed by atoms with Gasteiger partial charge in [0.2, 0.25) is 0 Å². The maximum atomic E-state index is 12.0. The van der Waals surface area contributed by atoms with Gasteiger partial charge in [0.05, 0.1) is 13.2 Å². The molecular formula is C10H15O3PS. The van der Waals surface area contributed by atoms with Crippen LogP contribution >= 0.6 is 18.9 Å². The Bertz CT molecular complexity index is 336. The Morgan fingerprint density at radius 1 is 1.40 bits per heavy atom. The third-order valence-corrected chi connectivity index (χ3v) is 4.17. The quantitative estimate of drug-likeness (QED) is 0.712. The van der Waals surface area contributed by atoms with E-state index in [-0.39, 0.29) is 0 Å². The summed E-state index contributed by atoms with van der Waals surface area (Å²) >= 11 is 1.58. The minimum atomic E-state index is -3.03. The molecule has 0 aliphatic heterocycles. The molecule has 1 rings (SSSR count). The van der Waals surface area contributed by atoms with Gasteiger partial charge >= 0.3 is 7.60 Å². The van der Waals surface area contributed by atoms with Crippen molar-refractivity contribution in [1.82, 2.24) is 0 Å². The van der Waals surface area contributed by atoms with Crippen LogP contribution in [0.15, 0.2) is 23.3 Å². The van der Waals surface area contributed by atoms with Gasteiger partial charge in [0.1, 0.15) is 0 Å². The Hall–Kier alpha value is -0.410. The highest BCUT2D eigenvalue weighted by Crippen LogP contribution is 2.50. The van der Waals surface area contributed by atoms with Crippen molar-refractivity contribution in [1.29, 1.82) is 0 Å². The standard InChI is InChI=1S/C10H15O3PS/c1-3-12-14(11,13-4-2)8-7-10-6-5-9-15-10/h5-9H,3-4H2,1-2H3/b8-7+. The van der Waals surface area contributed by atoms with Crippen molar-refractivity contribution in [2.24, 2.45) is 0 Å². The Balaban J connectivity index is 2.70. The molecule has 0 amide bonds. The molecule has 15 heavy (non-hydrogen) atoms. The van der Waals surface area contributed by atoms with Gasteiger partial charge < -0.3 is 9.05 Å². The Labute approximate surface area is 94.3 Å². The van der Waals surface area contributed by atoms with E-state index in [2.05, 4.69) is 0 Å². The molecule has 0 saturated carbocycles. The van der Waals surface area contributed by atoms with Crippen LogP contribution in [0.3, 0.4) is 0 Å². The molecule has 0 bridgehead atoms. The molecule has 0 unspecified atom stereocenters. The van der Waals surface area contributed by atoms with Crippen molar-refractivity contribution >= 4 is 25.0 Å². The van der Waals surface area contributed by atoms with Crippen LogP contribution < -0.4 is 0 Å². The highest BCUT2D eigenvalue weighted by atomic mass is 32.1. The van der Waals surface area contributed by atoms with Crippen molar-refractivity contribution in [3.8, 4) is 0 Å². The van der Waals surface area contributed by atoms with E-state index in [0.717, 1.165) is 4.88 Å². The molecule has 0 aliphatic rings. The van der Waals surface area contributed by atoms with Gasteiger partial charge in [0.15, 0.2) is 0 Å². The second-order valence-electron chi connectivity index (χ2n) is 2.71. The van der Waals surface area contributed by atoms with E-state index in [1.807, 2.05) is 17.5 Å². The maximum absolute atomic E-state index is 12.0. The third kappa shape index (κ3) is 4.31. The van der Waals surface area contributed by atoms with Crippen LogP contribution in [-0.4, -0.2) is 13.2 Å². The lowest BCUT2D eigenvalue weighted by atomic mass is 10.5. The van der Waals surface area contributed by atoms with Crippen LogP contribution in [0.1, 0.15) is 18.7 Å². The molecule has 0 atom stereocenters. The molecule has 0 saturated heterocycles. The lowest BCUT2D eigenvalue weighted by Crippen LogP contribution is -1.92. The molecule has 1 heterocycles. The van der Waals surface area contributed by atoms with Crippen LogP contribution in [-0.2, 0) is 13.6 Å². The van der Waals surface area contributed by atoms with E-state index in [1.54, 1.807) is 31.3 Å². The van der Waals surface area contributed by atoms with Crippen molar-refractivity contribution in [3.63, 3.8) is 0 Å². The first kappa shape index (κ1) is 12.7. The van der Waals surface area contributed by atoms with Gasteiger partial charge in [-0.15, -0.1) is 11.3 Å². The summed E-state index contributed by atoms with van der Waals surface area (Å²) in [6.07, 6.45) is 1.77. The zero-order valence-electron chi connectivity index (χ0n) is 8.88. The molecule has 0 aromatic carbocycles. The number of rotatable bonds is 6. The SMILES string of the molecule is CCOP(=O)(/C=C/c1cccs1)OCC. The zero-order chi connectivity index (χ0) is 11.1. The highest BCUT2D eigenvalue weighted by molar-refractivity contribution is 7.57. The van der Waals surface area contributed by atoms with E-state index in [1.165, 1.54) is 5.82 Å². The van der Waals surface area contributed by atoms with Crippen LogP contribution in [0.4, 0.5) is 0 Å². The average molecular weight is 246 g/mol. The fraction of sp³-hybridized carbons (Fsp3) is 0.400. The molecule has 1 aromatic heterocycles. The molecule has 0 spiro atoms. The number of hydrogen-bond acceptors (Lipinski definition) is 4. The lowest BCUT2D eigenvalue weighted by molar-refractivity contribution is 0.229. The topological polar surface area (TPSA) is 35.5 Å². The molecule has 0 radical (unpaired) electrons. The summed E-state index contributed by atoms with van der Waals surface area (Å²) in [4.78, 5) is 1.04. The Kier molecular flexibility index (Phi) is 5.26. The van der Waals surface area contributed by atoms with E-state index in [9.17, 15) is 4.57 Å². The number of thiophene rings is 1. The first-order chi connectivity index (χ1) is 7.20. The van der Waals surface area contributed by atoms with E-state index in [4.69, 9.17) is 9.05 Å². The smallest absolute Gasteiger partial charge is 0.306 e. The second kappa shape index (κ2) is 6.23. The highest BCUT2D eigenvalue weighted by Gasteiger charge is 2.18. The fourth-order valence-corrected chi connectivity index (χ4v) is 3.06. The first-order valence-corrected chi connectivity index (χ1v) is 7.31. The van der Waals surface area contributed by atoms with Gasteiger partial charge in [-0.2, -0.15) is 0 Å². The van der Waals surface area contributed by atoms with Crippen LogP contribution in [0.2, 0.25) is 0 Å². The van der Waals surface area contributed by atoms with Crippen LogP contribution in [0, 0.1) is 0 Å². The third-order valence-electron chi connectivity index (χ3n) is 1.58. The summed E-state index contributed by atoms with van der Waals surface area (Å²) < 4.78 is 22.2. The second-order valence-corrected chi connectivity index (χ2v) is 5.58. The minimum Gasteiger partial charge on any atom is -0.306 e. The van der Waals surface area contributed by atoms with Crippen molar-refractivity contribution in [2.45, 2.75) is 13.8 Å². The molecule has 3 nitrogen and oxygen atoms in total. The van der Waals surface area contributed by atoms with Crippen LogP contribution in [0.25, 0.3) is 6.08 Å². The van der Waals surface area contributed by atoms with Gasteiger partial charge in [-0.1, -0.05) is 6.07 Å². The van der Waals surface area contributed by atoms with E-state index >= 15 is 0 Å². The lowest BCUT2D eigenvalue weighted by Gasteiger charge is -2.12. The summed E-state index contributed by atoms with van der Waals surface area (Å²) in [5, 5.41) is 1.96. The molecule has 5 heteroatoms. The summed E-state index contributed by atoms with van der Waals surface area (Å²) in [5.41, 5.74) is 0. The molecule has 0 fully saturated rings. The molecule has 0 N–H and O–H groups in total. The molecule has 1 aromatic rings. The Morgan fingerprint density at radius 3 is 2.53 bits per heavy atom. The maximum Gasteiger partial charge on any atom is 0.354 e. The number of hydrogen-bond donors (Lipinski definition) is 0. The van der Waals surface area contributed by atoms with Crippen molar-refractivity contribution in [2.75, 3.05) is 13.2 Å². The summed E-state index contributed by atoms with van der Waals surface area (Å²) in [5.74, 6) is 1.52. The molecule has 84 valence electrons. The van der Waals surface area contributed by atoms with Gasteiger partial charge in [0.25, 0.3) is 0 Å². The Morgan fingerprint density at radius 2 is 2.07 bits per heavy atom. The summed E-state index contributed by atoms with van der Waals surface area (Å²) in [6.45, 7) is 4.35. The van der Waals surface area contributed by atoms with Crippen molar-refractivity contribution in [3.05, 3.63) is 28.2 Å².